The lowest BCUT2D eigenvalue weighted by molar-refractivity contribution is -0.999. The minimum absolute atomic E-state index is 0.0798. The van der Waals surface area contributed by atoms with E-state index in [0.717, 1.165) is 42.6 Å². The van der Waals surface area contributed by atoms with Crippen molar-refractivity contribution in [3.63, 3.8) is 0 Å². The van der Waals surface area contributed by atoms with Gasteiger partial charge in [0.1, 0.15) is 31.9 Å². The van der Waals surface area contributed by atoms with Crippen LogP contribution < -0.4 is 15.1 Å². The highest BCUT2D eigenvalue weighted by Gasteiger charge is 2.25. The minimum atomic E-state index is -0.485. The number of carbonyl (C=O) groups is 2. The Morgan fingerprint density at radius 1 is 1.24 bits per heavy atom. The summed E-state index contributed by atoms with van der Waals surface area (Å²) in [5.74, 6) is -0.565. The number of esters is 1. The topological polar surface area (TPSA) is 80.1 Å². The summed E-state index contributed by atoms with van der Waals surface area (Å²) in [6.45, 7) is 6.48. The highest BCUT2D eigenvalue weighted by atomic mass is 16.5. The lowest BCUT2D eigenvalue weighted by Crippen LogP contribution is -3.27. The summed E-state index contributed by atoms with van der Waals surface area (Å²) in [4.78, 5) is 30.5. The third-order valence-electron chi connectivity index (χ3n) is 4.91. The number of methoxy groups -OCH3 is 1. The highest BCUT2D eigenvalue weighted by Crippen LogP contribution is 2.30. The Labute approximate surface area is 146 Å². The van der Waals surface area contributed by atoms with Crippen molar-refractivity contribution in [2.24, 2.45) is 0 Å². The van der Waals surface area contributed by atoms with Crippen molar-refractivity contribution < 1.29 is 24.1 Å². The monoisotopic (exact) mass is 346 g/mol. The number of rotatable bonds is 4. The number of amides is 1. The Hall–Kier alpha value is -2.38. The van der Waals surface area contributed by atoms with Gasteiger partial charge in [-0.25, -0.2) is 4.79 Å². The minimum Gasteiger partial charge on any atom is -0.464 e. The van der Waals surface area contributed by atoms with E-state index < -0.39 is 5.97 Å². The van der Waals surface area contributed by atoms with Gasteiger partial charge in [-0.2, -0.15) is 0 Å². The molecule has 0 atom stereocenters. The van der Waals surface area contributed by atoms with Crippen LogP contribution in [0.1, 0.15) is 16.1 Å². The number of ether oxygens (including phenoxy) is 1. The quantitative estimate of drug-likeness (QED) is 0.515. The number of nitrogens with one attached hydrogen (secondary N) is 4. The number of likely N-dealkylation sites (N-methyl/N-ethyl adjacent to an activating group) is 1. The molecule has 25 heavy (non-hydrogen) atoms. The van der Waals surface area contributed by atoms with Crippen molar-refractivity contribution in [1.29, 1.82) is 0 Å². The number of aromatic nitrogens is 1. The fourth-order valence-corrected chi connectivity index (χ4v) is 3.42. The average Bonchev–Trinajstić information content (AvgIpc) is 2.96. The first-order chi connectivity index (χ1) is 12.0. The predicted octanol–water partition coefficient (Wildman–Crippen LogP) is -1.39. The van der Waals surface area contributed by atoms with Gasteiger partial charge in [0.2, 0.25) is 0 Å². The van der Waals surface area contributed by atoms with Crippen molar-refractivity contribution in [1.82, 2.24) is 4.98 Å². The standard InChI is InChI=1S/C18H24N4O3/c1-12-5-4-6-13-15(12)16(17(19-13)18(24)25-3)20-14(23)11-22-9-7-21(2)8-10-22/h4-6,19H,7-11H2,1-3H3,(H,20,23)/p+2. The van der Waals surface area contributed by atoms with E-state index in [0.29, 0.717) is 12.2 Å². The number of benzene rings is 1. The first-order valence-electron chi connectivity index (χ1n) is 8.64. The smallest absolute Gasteiger partial charge is 0.356 e. The van der Waals surface area contributed by atoms with Gasteiger partial charge in [-0.1, -0.05) is 12.1 Å². The first kappa shape index (κ1) is 17.4. The fourth-order valence-electron chi connectivity index (χ4n) is 3.42. The van der Waals surface area contributed by atoms with E-state index in [2.05, 4.69) is 17.3 Å². The largest absolute Gasteiger partial charge is 0.464 e. The second-order valence-electron chi connectivity index (χ2n) is 6.80. The Morgan fingerprint density at radius 3 is 2.64 bits per heavy atom. The number of carbonyl (C=O) groups excluding carboxylic acids is 2. The Kier molecular flexibility index (Phi) is 5.06. The van der Waals surface area contributed by atoms with E-state index in [1.54, 1.807) is 0 Å². The molecule has 2 aromatic rings. The molecule has 1 saturated heterocycles. The lowest BCUT2D eigenvalue weighted by Gasteiger charge is -2.26. The van der Waals surface area contributed by atoms with Crippen LogP contribution in [-0.2, 0) is 9.53 Å². The van der Waals surface area contributed by atoms with Crippen molar-refractivity contribution in [2.75, 3.05) is 52.2 Å². The van der Waals surface area contributed by atoms with Gasteiger partial charge in [-0.3, -0.25) is 4.79 Å². The zero-order chi connectivity index (χ0) is 18.0. The van der Waals surface area contributed by atoms with E-state index in [1.807, 2.05) is 25.1 Å². The molecule has 1 aliphatic rings. The molecule has 0 saturated carbocycles. The molecule has 1 amide bonds. The normalized spacial score (nSPS) is 20.4. The van der Waals surface area contributed by atoms with Crippen LogP contribution in [0.15, 0.2) is 18.2 Å². The van der Waals surface area contributed by atoms with Crippen LogP contribution in [0, 0.1) is 6.92 Å². The molecule has 7 heteroatoms. The molecule has 0 spiro atoms. The summed E-state index contributed by atoms with van der Waals surface area (Å²) >= 11 is 0. The summed E-state index contributed by atoms with van der Waals surface area (Å²) < 4.78 is 4.86. The zero-order valence-corrected chi connectivity index (χ0v) is 15.0. The number of quaternary nitrogens is 2. The summed E-state index contributed by atoms with van der Waals surface area (Å²) in [5.41, 5.74) is 2.61. The molecule has 2 heterocycles. The second kappa shape index (κ2) is 7.25. The predicted molar refractivity (Wildman–Crippen MR) is 95.2 cm³/mol. The number of aryl methyl sites for hydroxylation is 1. The van der Waals surface area contributed by atoms with Crippen LogP contribution in [-0.4, -0.2) is 63.7 Å². The van der Waals surface area contributed by atoms with Crippen LogP contribution >= 0.6 is 0 Å². The molecule has 4 N–H and O–H groups in total. The van der Waals surface area contributed by atoms with Gasteiger partial charge in [0.15, 0.2) is 6.54 Å². The summed E-state index contributed by atoms with van der Waals surface area (Å²) in [7, 11) is 3.51. The van der Waals surface area contributed by atoms with Crippen LogP contribution in [0.3, 0.4) is 0 Å². The molecule has 1 aromatic heterocycles. The number of hydrogen-bond donors (Lipinski definition) is 4. The number of H-pyrrole nitrogens is 1. The average molecular weight is 346 g/mol. The molecule has 1 aromatic carbocycles. The Morgan fingerprint density at radius 2 is 1.96 bits per heavy atom. The third-order valence-corrected chi connectivity index (χ3v) is 4.91. The van der Waals surface area contributed by atoms with Crippen molar-refractivity contribution in [3.8, 4) is 0 Å². The summed E-state index contributed by atoms with van der Waals surface area (Å²) in [5, 5.41) is 3.81. The van der Waals surface area contributed by atoms with Crippen LogP contribution in [0.5, 0.6) is 0 Å². The van der Waals surface area contributed by atoms with Gasteiger partial charge in [0.05, 0.1) is 19.8 Å². The number of aromatic amines is 1. The van der Waals surface area contributed by atoms with Gasteiger partial charge in [0.25, 0.3) is 5.91 Å². The molecule has 134 valence electrons. The van der Waals surface area contributed by atoms with E-state index in [1.165, 1.54) is 16.9 Å². The third kappa shape index (κ3) is 3.67. The van der Waals surface area contributed by atoms with E-state index in [-0.39, 0.29) is 11.6 Å². The first-order valence-corrected chi connectivity index (χ1v) is 8.64. The van der Waals surface area contributed by atoms with Gasteiger partial charge in [-0.15, -0.1) is 0 Å². The number of anilines is 1. The number of hydrogen-bond acceptors (Lipinski definition) is 3. The van der Waals surface area contributed by atoms with Gasteiger partial charge < -0.3 is 24.8 Å². The molecular weight excluding hydrogens is 320 g/mol. The molecule has 1 aliphatic heterocycles. The van der Waals surface area contributed by atoms with Gasteiger partial charge in [0, 0.05) is 10.9 Å². The highest BCUT2D eigenvalue weighted by molar-refractivity contribution is 6.12. The molecule has 0 unspecified atom stereocenters. The summed E-state index contributed by atoms with van der Waals surface area (Å²) in [6, 6.07) is 5.76. The van der Waals surface area contributed by atoms with Crippen molar-refractivity contribution >= 4 is 28.5 Å². The SMILES string of the molecule is COC(=O)c1[nH]c2cccc(C)c2c1NC(=O)C[NH+]1CC[NH+](C)CC1. The van der Waals surface area contributed by atoms with E-state index in [4.69, 9.17) is 4.74 Å². The maximum atomic E-state index is 12.6. The molecule has 3 rings (SSSR count). The van der Waals surface area contributed by atoms with Gasteiger partial charge in [-0.05, 0) is 18.6 Å². The van der Waals surface area contributed by atoms with Crippen LogP contribution in [0.2, 0.25) is 0 Å². The Bertz CT molecular complexity index is 791. The molecule has 7 nitrogen and oxygen atoms in total. The van der Waals surface area contributed by atoms with Crippen molar-refractivity contribution in [3.05, 3.63) is 29.5 Å². The molecule has 0 aliphatic carbocycles. The van der Waals surface area contributed by atoms with Crippen LogP contribution in [0.25, 0.3) is 10.9 Å². The lowest BCUT2D eigenvalue weighted by atomic mass is 10.1. The van der Waals surface area contributed by atoms with Crippen LogP contribution in [0.4, 0.5) is 5.69 Å². The molecule has 1 fully saturated rings. The van der Waals surface area contributed by atoms with E-state index >= 15 is 0 Å². The maximum Gasteiger partial charge on any atom is 0.356 e. The summed E-state index contributed by atoms with van der Waals surface area (Å²) in [6.07, 6.45) is 0. The Balaban J connectivity index is 1.84. The molecule has 0 radical (unpaired) electrons. The van der Waals surface area contributed by atoms with E-state index in [9.17, 15) is 9.59 Å². The van der Waals surface area contributed by atoms with Crippen molar-refractivity contribution in [2.45, 2.75) is 6.92 Å². The van der Waals surface area contributed by atoms with Gasteiger partial charge >= 0.3 is 5.97 Å². The molecular formula is C18H26N4O3+2. The number of fused-ring (bicyclic) bond motifs is 1. The number of piperazine rings is 1. The molecule has 0 bridgehead atoms. The second-order valence-corrected chi connectivity index (χ2v) is 6.80. The fraction of sp³-hybridized carbons (Fsp3) is 0.444. The maximum absolute atomic E-state index is 12.6. The zero-order valence-electron chi connectivity index (χ0n) is 15.0.